The second kappa shape index (κ2) is 6.75. The lowest BCUT2D eigenvalue weighted by Crippen LogP contribution is -2.49. The summed E-state index contributed by atoms with van der Waals surface area (Å²) in [5, 5.41) is 0. The summed E-state index contributed by atoms with van der Waals surface area (Å²) in [6.07, 6.45) is 5.69. The second-order valence-electron chi connectivity index (χ2n) is 7.83. The van der Waals surface area contributed by atoms with Gasteiger partial charge in [-0.25, -0.2) is 0 Å². The number of rotatable bonds is 4. The van der Waals surface area contributed by atoms with Crippen molar-refractivity contribution in [2.45, 2.75) is 38.1 Å². The molecule has 1 heterocycles. The van der Waals surface area contributed by atoms with E-state index in [4.69, 9.17) is 10.5 Å². The number of hydrogen-bond donors (Lipinski definition) is 1. The fourth-order valence-electron chi connectivity index (χ4n) is 4.96. The van der Waals surface area contributed by atoms with E-state index in [2.05, 4.69) is 4.90 Å². The van der Waals surface area contributed by atoms with E-state index < -0.39 is 0 Å². The fraction of sp³-hybridized carbons (Fsp3) is 0.650. The lowest BCUT2D eigenvalue weighted by molar-refractivity contribution is -0.139. The van der Waals surface area contributed by atoms with Gasteiger partial charge < -0.3 is 15.4 Å². The van der Waals surface area contributed by atoms with E-state index in [0.717, 1.165) is 38.3 Å². The minimum atomic E-state index is 0.0980. The number of ether oxygens (including phenoxy) is 1. The lowest BCUT2D eigenvalue weighted by atomic mass is 9.83. The molecule has 0 spiro atoms. The SMILES string of the molecule is NC1C2CCC(C2)C1C(=O)N1CCC(COc2ccccc2)CC1. The molecule has 2 aliphatic carbocycles. The molecule has 4 rings (SSSR count). The largest absolute Gasteiger partial charge is 0.493 e. The van der Waals surface area contributed by atoms with Crippen LogP contribution in [-0.4, -0.2) is 36.5 Å². The Labute approximate surface area is 144 Å². The molecular formula is C20H28N2O2. The number of carbonyl (C=O) groups excluding carboxylic acids is 1. The monoisotopic (exact) mass is 328 g/mol. The van der Waals surface area contributed by atoms with Crippen molar-refractivity contribution in [1.82, 2.24) is 4.90 Å². The molecule has 2 bridgehead atoms. The summed E-state index contributed by atoms with van der Waals surface area (Å²) in [6, 6.07) is 10.1. The maximum atomic E-state index is 12.9. The Kier molecular flexibility index (Phi) is 4.49. The molecule has 4 atom stereocenters. The highest BCUT2D eigenvalue weighted by Crippen LogP contribution is 2.48. The Bertz CT molecular complexity index is 566. The van der Waals surface area contributed by atoms with Crippen LogP contribution in [0.25, 0.3) is 0 Å². The van der Waals surface area contributed by atoms with Gasteiger partial charge in [0.05, 0.1) is 12.5 Å². The van der Waals surface area contributed by atoms with Crippen LogP contribution in [0.4, 0.5) is 0 Å². The van der Waals surface area contributed by atoms with Crippen LogP contribution in [0.15, 0.2) is 30.3 Å². The minimum absolute atomic E-state index is 0.0980. The van der Waals surface area contributed by atoms with Crippen LogP contribution in [0.1, 0.15) is 32.1 Å². The predicted octanol–water partition coefficient (Wildman–Crippen LogP) is 2.68. The van der Waals surface area contributed by atoms with Gasteiger partial charge in [0.1, 0.15) is 5.75 Å². The molecule has 1 aliphatic heterocycles. The van der Waals surface area contributed by atoms with E-state index in [-0.39, 0.29) is 12.0 Å². The van der Waals surface area contributed by atoms with Crippen molar-refractivity contribution in [3.8, 4) is 5.75 Å². The standard InChI is InChI=1S/C20H28N2O2/c21-19-16-7-6-15(12-16)18(19)20(23)22-10-8-14(9-11-22)13-24-17-4-2-1-3-5-17/h1-5,14-16,18-19H,6-13,21H2. The van der Waals surface area contributed by atoms with Crippen molar-refractivity contribution in [3.05, 3.63) is 30.3 Å². The quantitative estimate of drug-likeness (QED) is 0.924. The van der Waals surface area contributed by atoms with Crippen LogP contribution in [0.2, 0.25) is 0 Å². The first-order chi connectivity index (χ1) is 11.7. The molecule has 2 N–H and O–H groups in total. The third-order valence-corrected chi connectivity index (χ3v) is 6.42. The Balaban J connectivity index is 1.26. The molecule has 4 heteroatoms. The van der Waals surface area contributed by atoms with Crippen molar-refractivity contribution in [1.29, 1.82) is 0 Å². The highest BCUT2D eigenvalue weighted by atomic mass is 16.5. The van der Waals surface area contributed by atoms with Crippen molar-refractivity contribution >= 4 is 5.91 Å². The molecule has 0 aromatic heterocycles. The maximum Gasteiger partial charge on any atom is 0.227 e. The molecule has 3 fully saturated rings. The van der Waals surface area contributed by atoms with Crippen molar-refractivity contribution in [3.63, 3.8) is 0 Å². The molecule has 4 nitrogen and oxygen atoms in total. The zero-order valence-corrected chi connectivity index (χ0v) is 14.3. The third-order valence-electron chi connectivity index (χ3n) is 6.42. The van der Waals surface area contributed by atoms with Gasteiger partial charge >= 0.3 is 0 Å². The number of nitrogens with two attached hydrogens (primary N) is 1. The fourth-order valence-corrected chi connectivity index (χ4v) is 4.96. The van der Waals surface area contributed by atoms with Gasteiger partial charge in [-0.15, -0.1) is 0 Å². The van der Waals surface area contributed by atoms with E-state index in [9.17, 15) is 4.79 Å². The van der Waals surface area contributed by atoms with E-state index in [1.54, 1.807) is 0 Å². The maximum absolute atomic E-state index is 12.9. The van der Waals surface area contributed by atoms with Crippen LogP contribution < -0.4 is 10.5 Å². The van der Waals surface area contributed by atoms with Crippen LogP contribution >= 0.6 is 0 Å². The number of likely N-dealkylation sites (tertiary alicyclic amines) is 1. The third kappa shape index (κ3) is 3.04. The molecular weight excluding hydrogens is 300 g/mol. The molecule has 4 unspecified atom stereocenters. The summed E-state index contributed by atoms with van der Waals surface area (Å²) in [7, 11) is 0. The van der Waals surface area contributed by atoms with Crippen molar-refractivity contribution in [2.75, 3.05) is 19.7 Å². The Morgan fingerprint density at radius 2 is 1.79 bits per heavy atom. The first-order valence-electron chi connectivity index (χ1n) is 9.44. The number of para-hydroxylation sites is 1. The summed E-state index contributed by atoms with van der Waals surface area (Å²) in [6.45, 7) is 2.48. The number of piperidine rings is 1. The summed E-state index contributed by atoms with van der Waals surface area (Å²) < 4.78 is 5.87. The van der Waals surface area contributed by atoms with Gasteiger partial charge in [-0.1, -0.05) is 18.2 Å². The molecule has 1 saturated heterocycles. The Hall–Kier alpha value is -1.55. The van der Waals surface area contributed by atoms with Crippen LogP contribution in [-0.2, 0) is 4.79 Å². The number of nitrogens with zero attached hydrogens (tertiary/aromatic N) is 1. The molecule has 0 radical (unpaired) electrons. The molecule has 1 aromatic rings. The number of hydrogen-bond acceptors (Lipinski definition) is 3. The minimum Gasteiger partial charge on any atom is -0.493 e. The smallest absolute Gasteiger partial charge is 0.227 e. The first kappa shape index (κ1) is 15.9. The first-order valence-corrected chi connectivity index (χ1v) is 9.44. The van der Waals surface area contributed by atoms with Crippen molar-refractivity contribution < 1.29 is 9.53 Å². The average molecular weight is 328 g/mol. The summed E-state index contributed by atoms with van der Waals surface area (Å²) in [4.78, 5) is 15.0. The van der Waals surface area contributed by atoms with E-state index in [1.165, 1.54) is 19.3 Å². The molecule has 3 aliphatic rings. The molecule has 130 valence electrons. The predicted molar refractivity (Wildman–Crippen MR) is 93.5 cm³/mol. The van der Waals surface area contributed by atoms with Gasteiger partial charge in [-0.05, 0) is 62.0 Å². The van der Waals surface area contributed by atoms with Gasteiger partial charge in [0, 0.05) is 19.1 Å². The van der Waals surface area contributed by atoms with Gasteiger partial charge in [-0.3, -0.25) is 4.79 Å². The van der Waals surface area contributed by atoms with E-state index in [0.29, 0.717) is 23.7 Å². The summed E-state index contributed by atoms with van der Waals surface area (Å²) >= 11 is 0. The van der Waals surface area contributed by atoms with Crippen LogP contribution in [0.5, 0.6) is 5.75 Å². The lowest BCUT2D eigenvalue weighted by Gasteiger charge is -2.37. The normalized spacial score (nSPS) is 33.0. The number of fused-ring (bicyclic) bond motifs is 2. The number of carbonyl (C=O) groups is 1. The van der Waals surface area contributed by atoms with E-state index >= 15 is 0 Å². The van der Waals surface area contributed by atoms with Crippen molar-refractivity contribution in [2.24, 2.45) is 29.4 Å². The molecule has 1 aromatic carbocycles. The second-order valence-corrected chi connectivity index (χ2v) is 7.83. The average Bonchev–Trinajstić information content (AvgIpc) is 3.22. The summed E-state index contributed by atoms with van der Waals surface area (Å²) in [5.74, 6) is 3.06. The molecule has 1 amide bonds. The number of amides is 1. The van der Waals surface area contributed by atoms with Gasteiger partial charge in [0.2, 0.25) is 5.91 Å². The van der Waals surface area contributed by atoms with Gasteiger partial charge in [0.15, 0.2) is 0 Å². The molecule has 24 heavy (non-hydrogen) atoms. The Morgan fingerprint density at radius 3 is 2.46 bits per heavy atom. The molecule has 2 saturated carbocycles. The summed E-state index contributed by atoms with van der Waals surface area (Å²) in [5.41, 5.74) is 6.34. The Morgan fingerprint density at radius 1 is 1.08 bits per heavy atom. The van der Waals surface area contributed by atoms with Crippen LogP contribution in [0.3, 0.4) is 0 Å². The van der Waals surface area contributed by atoms with Gasteiger partial charge in [-0.2, -0.15) is 0 Å². The zero-order chi connectivity index (χ0) is 16.5. The highest BCUT2D eigenvalue weighted by molar-refractivity contribution is 5.80. The van der Waals surface area contributed by atoms with Gasteiger partial charge in [0.25, 0.3) is 0 Å². The van der Waals surface area contributed by atoms with E-state index in [1.807, 2.05) is 30.3 Å². The topological polar surface area (TPSA) is 55.6 Å². The highest BCUT2D eigenvalue weighted by Gasteiger charge is 2.50. The number of benzene rings is 1. The zero-order valence-electron chi connectivity index (χ0n) is 14.3. The van der Waals surface area contributed by atoms with Crippen LogP contribution in [0, 0.1) is 23.7 Å².